The zero-order valence-electron chi connectivity index (χ0n) is 9.62. The van der Waals surface area contributed by atoms with E-state index in [1.807, 2.05) is 13.8 Å². The highest BCUT2D eigenvalue weighted by atomic mass is 16.5. The summed E-state index contributed by atoms with van der Waals surface area (Å²) in [6.45, 7) is 3.92. The topological polar surface area (TPSA) is 66.8 Å². The number of rotatable bonds is 5. The molecule has 0 atom stereocenters. The van der Waals surface area contributed by atoms with Crippen molar-refractivity contribution in [1.82, 2.24) is 0 Å². The van der Waals surface area contributed by atoms with Gasteiger partial charge in [-0.2, -0.15) is 0 Å². The molecule has 1 aliphatic rings. The van der Waals surface area contributed by atoms with Crippen LogP contribution in [0.3, 0.4) is 0 Å². The molecule has 0 spiro atoms. The van der Waals surface area contributed by atoms with Crippen molar-refractivity contribution < 1.29 is 19.7 Å². The standard InChI is InChI=1S/C11H20O4/c1-10(2,15-3)4-5-11(14)6-8(7-11)9(12)13/h8,14H,4-7H2,1-3H3,(H,12,13). The lowest BCUT2D eigenvalue weighted by Gasteiger charge is -2.43. The molecule has 0 aromatic heterocycles. The second-order valence-corrected chi connectivity index (χ2v) is 5.13. The average Bonchev–Trinajstić information content (AvgIpc) is 2.10. The van der Waals surface area contributed by atoms with Gasteiger partial charge in [0.05, 0.1) is 17.1 Å². The first-order valence-electron chi connectivity index (χ1n) is 5.28. The van der Waals surface area contributed by atoms with Crippen molar-refractivity contribution in [3.63, 3.8) is 0 Å². The first-order chi connectivity index (χ1) is 6.78. The number of carbonyl (C=O) groups is 1. The lowest BCUT2D eigenvalue weighted by molar-refractivity contribution is -0.160. The first-order valence-corrected chi connectivity index (χ1v) is 5.28. The van der Waals surface area contributed by atoms with E-state index in [2.05, 4.69) is 0 Å². The molecule has 1 saturated carbocycles. The van der Waals surface area contributed by atoms with Crippen LogP contribution in [-0.4, -0.2) is 34.5 Å². The van der Waals surface area contributed by atoms with Crippen LogP contribution >= 0.6 is 0 Å². The minimum atomic E-state index is -0.800. The Kier molecular flexibility index (Phi) is 3.41. The molecule has 0 amide bonds. The number of ether oxygens (including phenoxy) is 1. The second-order valence-electron chi connectivity index (χ2n) is 5.13. The lowest BCUT2D eigenvalue weighted by Crippen LogP contribution is -2.47. The molecule has 0 aromatic rings. The molecule has 4 nitrogen and oxygen atoms in total. The number of hydrogen-bond donors (Lipinski definition) is 2. The molecule has 0 aromatic carbocycles. The first kappa shape index (κ1) is 12.5. The van der Waals surface area contributed by atoms with Crippen molar-refractivity contribution in [3.05, 3.63) is 0 Å². The van der Waals surface area contributed by atoms with E-state index >= 15 is 0 Å². The van der Waals surface area contributed by atoms with Gasteiger partial charge in [-0.15, -0.1) is 0 Å². The summed E-state index contributed by atoms with van der Waals surface area (Å²) in [4.78, 5) is 10.6. The number of aliphatic hydroxyl groups is 1. The van der Waals surface area contributed by atoms with Crippen molar-refractivity contribution in [1.29, 1.82) is 0 Å². The smallest absolute Gasteiger partial charge is 0.306 e. The van der Waals surface area contributed by atoms with E-state index in [4.69, 9.17) is 9.84 Å². The maximum atomic E-state index is 10.6. The number of carboxylic acids is 1. The molecule has 15 heavy (non-hydrogen) atoms. The van der Waals surface area contributed by atoms with Crippen LogP contribution in [0.25, 0.3) is 0 Å². The van der Waals surface area contributed by atoms with Crippen LogP contribution in [-0.2, 0) is 9.53 Å². The fraction of sp³-hybridized carbons (Fsp3) is 0.909. The van der Waals surface area contributed by atoms with Crippen LogP contribution in [0.2, 0.25) is 0 Å². The molecule has 0 heterocycles. The summed E-state index contributed by atoms with van der Waals surface area (Å²) in [5.74, 6) is -1.16. The van der Waals surface area contributed by atoms with Gasteiger partial charge in [-0.1, -0.05) is 0 Å². The minimum Gasteiger partial charge on any atom is -0.481 e. The third kappa shape index (κ3) is 3.18. The molecular formula is C11H20O4. The van der Waals surface area contributed by atoms with E-state index < -0.39 is 11.6 Å². The van der Waals surface area contributed by atoms with Crippen molar-refractivity contribution in [2.24, 2.45) is 5.92 Å². The van der Waals surface area contributed by atoms with Crippen LogP contribution in [0.1, 0.15) is 39.5 Å². The number of carboxylic acid groups (broad SMARTS) is 1. The van der Waals surface area contributed by atoms with E-state index in [-0.39, 0.29) is 11.5 Å². The van der Waals surface area contributed by atoms with Crippen LogP contribution in [0.5, 0.6) is 0 Å². The molecule has 0 saturated heterocycles. The Morgan fingerprint density at radius 2 is 2.07 bits per heavy atom. The maximum absolute atomic E-state index is 10.6. The summed E-state index contributed by atoms with van der Waals surface area (Å²) in [6.07, 6.45) is 2.11. The van der Waals surface area contributed by atoms with E-state index in [0.717, 1.165) is 6.42 Å². The highest BCUT2D eigenvalue weighted by molar-refractivity contribution is 5.71. The van der Waals surface area contributed by atoms with Crippen LogP contribution in [0.4, 0.5) is 0 Å². The quantitative estimate of drug-likeness (QED) is 0.729. The molecule has 0 radical (unpaired) electrons. The molecule has 0 bridgehead atoms. The van der Waals surface area contributed by atoms with Crippen LogP contribution < -0.4 is 0 Å². The number of methoxy groups -OCH3 is 1. The Morgan fingerprint density at radius 3 is 2.47 bits per heavy atom. The summed E-state index contributed by atoms with van der Waals surface area (Å²) >= 11 is 0. The summed E-state index contributed by atoms with van der Waals surface area (Å²) in [5.41, 5.74) is -1.02. The molecule has 0 aliphatic heterocycles. The van der Waals surface area contributed by atoms with Gasteiger partial charge >= 0.3 is 5.97 Å². The predicted octanol–water partition coefficient (Wildman–Crippen LogP) is 1.42. The average molecular weight is 216 g/mol. The third-order valence-electron chi connectivity index (χ3n) is 3.35. The maximum Gasteiger partial charge on any atom is 0.306 e. The molecular weight excluding hydrogens is 196 g/mol. The van der Waals surface area contributed by atoms with Gasteiger partial charge < -0.3 is 14.9 Å². The summed E-state index contributed by atoms with van der Waals surface area (Å²) in [5, 5.41) is 18.7. The summed E-state index contributed by atoms with van der Waals surface area (Å²) in [6, 6.07) is 0. The number of aliphatic carboxylic acids is 1. The largest absolute Gasteiger partial charge is 0.481 e. The Morgan fingerprint density at radius 1 is 1.53 bits per heavy atom. The molecule has 1 fully saturated rings. The van der Waals surface area contributed by atoms with Crippen molar-refractivity contribution in [2.75, 3.05) is 7.11 Å². The van der Waals surface area contributed by atoms with Crippen molar-refractivity contribution >= 4 is 5.97 Å². The lowest BCUT2D eigenvalue weighted by atomic mass is 9.68. The van der Waals surface area contributed by atoms with Crippen LogP contribution in [0, 0.1) is 5.92 Å². The molecule has 1 rings (SSSR count). The normalized spacial score (nSPS) is 31.1. The molecule has 0 unspecified atom stereocenters. The zero-order valence-corrected chi connectivity index (χ0v) is 9.62. The molecule has 2 N–H and O–H groups in total. The zero-order chi connectivity index (χ0) is 11.7. The van der Waals surface area contributed by atoms with E-state index in [1.54, 1.807) is 7.11 Å². The second kappa shape index (κ2) is 4.10. The van der Waals surface area contributed by atoms with Gasteiger partial charge in [-0.05, 0) is 39.5 Å². The molecule has 1 aliphatic carbocycles. The summed E-state index contributed by atoms with van der Waals surface area (Å²) in [7, 11) is 1.64. The highest BCUT2D eigenvalue weighted by Crippen LogP contribution is 2.42. The van der Waals surface area contributed by atoms with E-state index in [0.29, 0.717) is 19.3 Å². The Bertz CT molecular complexity index is 241. The van der Waals surface area contributed by atoms with Gasteiger partial charge in [0.25, 0.3) is 0 Å². The fourth-order valence-electron chi connectivity index (χ4n) is 1.87. The SMILES string of the molecule is COC(C)(C)CCC1(O)CC(C(=O)O)C1. The predicted molar refractivity (Wildman–Crippen MR) is 55.6 cm³/mol. The fourth-order valence-corrected chi connectivity index (χ4v) is 1.87. The third-order valence-corrected chi connectivity index (χ3v) is 3.35. The Hall–Kier alpha value is -0.610. The minimum absolute atomic E-state index is 0.246. The monoisotopic (exact) mass is 216 g/mol. The Balaban J connectivity index is 2.33. The van der Waals surface area contributed by atoms with Gasteiger partial charge in [0.2, 0.25) is 0 Å². The van der Waals surface area contributed by atoms with Gasteiger partial charge in [-0.3, -0.25) is 4.79 Å². The van der Waals surface area contributed by atoms with Gasteiger partial charge in [-0.25, -0.2) is 0 Å². The van der Waals surface area contributed by atoms with E-state index in [1.165, 1.54) is 0 Å². The Labute approximate surface area is 90.2 Å². The van der Waals surface area contributed by atoms with E-state index in [9.17, 15) is 9.90 Å². The van der Waals surface area contributed by atoms with Gasteiger partial charge in [0.1, 0.15) is 0 Å². The molecule has 88 valence electrons. The van der Waals surface area contributed by atoms with Gasteiger partial charge in [0, 0.05) is 7.11 Å². The van der Waals surface area contributed by atoms with Crippen LogP contribution in [0.15, 0.2) is 0 Å². The molecule has 4 heteroatoms. The summed E-state index contributed by atoms with van der Waals surface area (Å²) < 4.78 is 5.25. The number of hydrogen-bond acceptors (Lipinski definition) is 3. The van der Waals surface area contributed by atoms with Crippen molar-refractivity contribution in [3.8, 4) is 0 Å². The van der Waals surface area contributed by atoms with Gasteiger partial charge in [0.15, 0.2) is 0 Å². The van der Waals surface area contributed by atoms with Crippen molar-refractivity contribution in [2.45, 2.75) is 50.7 Å². The highest BCUT2D eigenvalue weighted by Gasteiger charge is 2.46.